The van der Waals surface area contributed by atoms with E-state index < -0.39 is 18.4 Å². The first-order valence-corrected chi connectivity index (χ1v) is 9.26. The second kappa shape index (κ2) is 4.57. The van der Waals surface area contributed by atoms with Gasteiger partial charge in [0.15, 0.2) is 0 Å². The topological polar surface area (TPSA) is 0 Å². The number of hydrogen-bond donors (Lipinski definition) is 0. The average Bonchev–Trinajstić information content (AvgIpc) is 1.97. The minimum Gasteiger partial charge on any atom is -0.166 e. The molecule has 0 amide bonds. The van der Waals surface area contributed by atoms with Gasteiger partial charge in [-0.05, 0) is 18.7 Å². The normalized spacial score (nSPS) is 13.0. The van der Waals surface area contributed by atoms with Crippen molar-refractivity contribution in [1.29, 1.82) is 0 Å². The highest BCUT2D eigenvalue weighted by molar-refractivity contribution is 7.51. The summed E-state index contributed by atoms with van der Waals surface area (Å²) >= 11 is 23.2. The van der Waals surface area contributed by atoms with Gasteiger partial charge in [-0.25, -0.2) is 0 Å². The van der Waals surface area contributed by atoms with Crippen LogP contribution in [-0.2, 0) is 6.18 Å². The first-order valence-electron chi connectivity index (χ1n) is 3.98. The molecule has 0 spiro atoms. The predicted molar refractivity (Wildman–Crippen MR) is 64.4 cm³/mol. The zero-order chi connectivity index (χ0) is 12.7. The summed E-state index contributed by atoms with van der Waals surface area (Å²) in [7, 11) is 0. The Kier molecular flexibility index (Phi) is 4.13. The van der Waals surface area contributed by atoms with Gasteiger partial charge in [-0.3, -0.25) is 0 Å². The Morgan fingerprint density at radius 1 is 1.06 bits per heavy atom. The smallest absolute Gasteiger partial charge is 0.166 e. The van der Waals surface area contributed by atoms with E-state index in [0.29, 0.717) is 0 Å². The molecule has 0 aliphatic rings. The Morgan fingerprint density at radius 3 is 1.69 bits per heavy atom. The third-order valence-corrected chi connectivity index (χ3v) is 5.27. The molecule has 1 aromatic rings. The van der Waals surface area contributed by atoms with Gasteiger partial charge < -0.3 is 0 Å². The lowest BCUT2D eigenvalue weighted by Crippen LogP contribution is -2.35. The van der Waals surface area contributed by atoms with E-state index in [-0.39, 0.29) is 15.2 Å². The van der Waals surface area contributed by atoms with Crippen molar-refractivity contribution in [1.82, 2.24) is 0 Å². The standard InChI is InChI=1S/C8H5Cl4F3Si/c1-16(11,12)7-5(9)2-4(3-6(7)10)8(13,14)15/h2-3H,1H3. The van der Waals surface area contributed by atoms with Crippen molar-refractivity contribution in [2.75, 3.05) is 0 Å². The maximum atomic E-state index is 12.4. The van der Waals surface area contributed by atoms with Crippen molar-refractivity contribution in [3.05, 3.63) is 27.7 Å². The highest BCUT2D eigenvalue weighted by Crippen LogP contribution is 2.34. The SMILES string of the molecule is C[Si](Cl)(Cl)c1c(Cl)cc(C(F)(F)F)cc1Cl. The molecule has 1 aromatic carbocycles. The van der Waals surface area contributed by atoms with Crippen LogP contribution in [0.3, 0.4) is 0 Å². The Labute approximate surface area is 111 Å². The fourth-order valence-corrected chi connectivity index (χ4v) is 5.56. The number of hydrogen-bond acceptors (Lipinski definition) is 0. The molecule has 0 N–H and O–H groups in total. The molecule has 0 nitrogen and oxygen atoms in total. The second-order valence-electron chi connectivity index (χ2n) is 3.20. The third kappa shape index (κ3) is 3.20. The summed E-state index contributed by atoms with van der Waals surface area (Å²) in [6, 6.07) is 1.55. The van der Waals surface area contributed by atoms with Crippen LogP contribution in [0, 0.1) is 0 Å². The Morgan fingerprint density at radius 2 is 1.44 bits per heavy atom. The molecule has 0 aliphatic carbocycles. The molecule has 0 heterocycles. The lowest BCUT2D eigenvalue weighted by molar-refractivity contribution is -0.137. The van der Waals surface area contributed by atoms with Crippen molar-refractivity contribution in [2.24, 2.45) is 0 Å². The van der Waals surface area contributed by atoms with Gasteiger partial charge in [-0.2, -0.15) is 13.2 Å². The number of benzene rings is 1. The van der Waals surface area contributed by atoms with E-state index in [2.05, 4.69) is 0 Å². The molecule has 0 aromatic heterocycles. The van der Waals surface area contributed by atoms with E-state index in [1.807, 2.05) is 0 Å². The predicted octanol–water partition coefficient (Wildman–Crippen LogP) is 4.77. The zero-order valence-electron chi connectivity index (χ0n) is 7.80. The van der Waals surface area contributed by atoms with Gasteiger partial charge in [0, 0.05) is 15.2 Å². The van der Waals surface area contributed by atoms with E-state index >= 15 is 0 Å². The summed E-state index contributed by atoms with van der Waals surface area (Å²) in [5.41, 5.74) is -0.919. The summed E-state index contributed by atoms with van der Waals surface area (Å²) in [5.74, 6) is 0. The summed E-state index contributed by atoms with van der Waals surface area (Å²) in [6.07, 6.45) is -4.50. The summed E-state index contributed by atoms with van der Waals surface area (Å²) in [5, 5.41) is -0.106. The van der Waals surface area contributed by atoms with Gasteiger partial charge in [0.25, 0.3) is 6.69 Å². The van der Waals surface area contributed by atoms with Crippen LogP contribution in [0.1, 0.15) is 5.56 Å². The van der Waals surface area contributed by atoms with Crippen molar-refractivity contribution in [3.8, 4) is 0 Å². The quantitative estimate of drug-likeness (QED) is 0.515. The molecular formula is C8H5Cl4F3Si. The van der Waals surface area contributed by atoms with E-state index in [0.717, 1.165) is 12.1 Å². The molecule has 0 unspecified atom stereocenters. The van der Waals surface area contributed by atoms with Gasteiger partial charge in [0.05, 0.1) is 5.56 Å². The molecule has 8 heteroatoms. The molecule has 90 valence electrons. The summed E-state index contributed by atoms with van der Waals surface area (Å²) in [4.78, 5) is 0. The van der Waals surface area contributed by atoms with E-state index in [4.69, 9.17) is 45.4 Å². The van der Waals surface area contributed by atoms with Gasteiger partial charge in [-0.15, -0.1) is 22.2 Å². The highest BCUT2D eigenvalue weighted by Gasteiger charge is 2.35. The van der Waals surface area contributed by atoms with Crippen LogP contribution in [0.25, 0.3) is 0 Å². The van der Waals surface area contributed by atoms with Crippen molar-refractivity contribution in [2.45, 2.75) is 12.7 Å². The maximum Gasteiger partial charge on any atom is 0.416 e. The summed E-state index contributed by atoms with van der Waals surface area (Å²) in [6.45, 7) is -1.38. The van der Waals surface area contributed by atoms with Crippen molar-refractivity contribution in [3.63, 3.8) is 0 Å². The summed E-state index contributed by atoms with van der Waals surface area (Å²) < 4.78 is 37.2. The zero-order valence-corrected chi connectivity index (χ0v) is 11.8. The number of alkyl halides is 3. The molecule has 0 aliphatic heterocycles. The van der Waals surface area contributed by atoms with Crippen LogP contribution < -0.4 is 5.19 Å². The van der Waals surface area contributed by atoms with E-state index in [1.165, 1.54) is 6.55 Å². The molecule has 1 rings (SSSR count). The molecule has 0 saturated carbocycles. The van der Waals surface area contributed by atoms with Crippen LogP contribution in [-0.4, -0.2) is 6.69 Å². The van der Waals surface area contributed by atoms with Crippen LogP contribution in [0.2, 0.25) is 16.6 Å². The lowest BCUT2D eigenvalue weighted by atomic mass is 10.2. The van der Waals surface area contributed by atoms with Gasteiger partial charge in [0.1, 0.15) is 0 Å². The molecule has 0 fully saturated rings. The number of rotatable bonds is 1. The fraction of sp³-hybridized carbons (Fsp3) is 0.250. The van der Waals surface area contributed by atoms with Crippen LogP contribution in [0.15, 0.2) is 12.1 Å². The number of halogens is 7. The monoisotopic (exact) mass is 326 g/mol. The molecule has 0 bridgehead atoms. The molecule has 16 heavy (non-hydrogen) atoms. The fourth-order valence-electron chi connectivity index (χ4n) is 1.16. The second-order valence-corrected chi connectivity index (χ2v) is 11.4. The van der Waals surface area contributed by atoms with Gasteiger partial charge in [-0.1, -0.05) is 23.2 Å². The van der Waals surface area contributed by atoms with Crippen LogP contribution in [0.4, 0.5) is 13.2 Å². The first-order chi connectivity index (χ1) is 7.03. The molecule has 0 atom stereocenters. The first kappa shape index (κ1) is 14.4. The average molecular weight is 328 g/mol. The van der Waals surface area contributed by atoms with Gasteiger partial charge >= 0.3 is 6.18 Å². The Hall–Kier alpha value is 0.387. The van der Waals surface area contributed by atoms with Crippen molar-refractivity contribution >= 4 is 57.2 Å². The van der Waals surface area contributed by atoms with E-state index in [9.17, 15) is 13.2 Å². The molecular weight excluding hydrogens is 323 g/mol. The molecule has 0 radical (unpaired) electrons. The molecule has 0 saturated heterocycles. The Bertz CT molecular complexity index is 388. The van der Waals surface area contributed by atoms with Gasteiger partial charge in [0.2, 0.25) is 0 Å². The third-order valence-electron chi connectivity index (χ3n) is 1.81. The van der Waals surface area contributed by atoms with Crippen LogP contribution in [0.5, 0.6) is 0 Å². The lowest BCUT2D eigenvalue weighted by Gasteiger charge is -2.17. The minimum absolute atomic E-state index is 0.154. The maximum absolute atomic E-state index is 12.4. The largest absolute Gasteiger partial charge is 0.416 e. The van der Waals surface area contributed by atoms with E-state index in [1.54, 1.807) is 0 Å². The highest BCUT2D eigenvalue weighted by atomic mass is 35.7. The minimum atomic E-state index is -4.50. The Balaban J connectivity index is 3.41. The van der Waals surface area contributed by atoms with Crippen LogP contribution >= 0.6 is 45.4 Å². The van der Waals surface area contributed by atoms with Crippen molar-refractivity contribution < 1.29 is 13.2 Å².